The van der Waals surface area contributed by atoms with Crippen molar-refractivity contribution in [1.82, 2.24) is 0 Å². The first-order valence-electron chi connectivity index (χ1n) is 6.33. The molecule has 0 spiro atoms. The smallest absolute Gasteiger partial charge is 0.339 e. The number of benzene rings is 2. The van der Waals surface area contributed by atoms with E-state index in [0.717, 1.165) is 0 Å². The van der Waals surface area contributed by atoms with Gasteiger partial charge in [0.2, 0.25) is 0 Å². The van der Waals surface area contributed by atoms with Gasteiger partial charge in [0.15, 0.2) is 0 Å². The van der Waals surface area contributed by atoms with Crippen molar-refractivity contribution in [3.8, 4) is 11.5 Å². The van der Waals surface area contributed by atoms with Gasteiger partial charge in [0, 0.05) is 16.1 Å². The Labute approximate surface area is 132 Å². The van der Waals surface area contributed by atoms with Gasteiger partial charge in [-0.25, -0.2) is 4.79 Å². The zero-order valence-electron chi connectivity index (χ0n) is 11.7. The molecule has 2 rings (SSSR count). The Bertz CT molecular complexity index is 712. The van der Waals surface area contributed by atoms with E-state index in [1.807, 2.05) is 0 Å². The molecule has 0 radical (unpaired) electrons. The lowest BCUT2D eigenvalue weighted by atomic mass is 10.1. The number of carboxylic acid groups (broad SMARTS) is 1. The van der Waals surface area contributed by atoms with Crippen LogP contribution in [0.3, 0.4) is 0 Å². The minimum atomic E-state index is -1.13. The first-order chi connectivity index (χ1) is 10.5. The number of carbonyl (C=O) groups is 2. The van der Waals surface area contributed by atoms with Gasteiger partial charge in [-0.15, -0.1) is 0 Å². The molecule has 0 aliphatic heterocycles. The Morgan fingerprint density at radius 3 is 2.59 bits per heavy atom. The lowest BCUT2D eigenvalue weighted by Gasteiger charge is -2.12. The lowest BCUT2D eigenvalue weighted by molar-refractivity contribution is 0.0691. The first kappa shape index (κ1) is 15.9. The van der Waals surface area contributed by atoms with Crippen LogP contribution in [0.4, 0.5) is 0 Å². The highest BCUT2D eigenvalue weighted by atomic mass is 35.5. The van der Waals surface area contributed by atoms with Crippen molar-refractivity contribution in [2.45, 2.75) is 6.61 Å². The Morgan fingerprint density at radius 1 is 1.23 bits per heavy atom. The fourth-order valence-corrected chi connectivity index (χ4v) is 2.11. The Hall–Kier alpha value is -2.53. The average molecular weight is 321 g/mol. The minimum absolute atomic E-state index is 0.0296. The quantitative estimate of drug-likeness (QED) is 0.825. The van der Waals surface area contributed by atoms with Crippen molar-refractivity contribution in [3.05, 3.63) is 58.1 Å². The average Bonchev–Trinajstić information content (AvgIpc) is 2.53. The molecule has 5 nitrogen and oxygen atoms in total. The zero-order valence-corrected chi connectivity index (χ0v) is 12.5. The molecule has 114 valence electrons. The van der Waals surface area contributed by atoms with Crippen LogP contribution in [-0.2, 0) is 6.61 Å². The largest absolute Gasteiger partial charge is 0.496 e. The van der Waals surface area contributed by atoms with Crippen LogP contribution in [0.15, 0.2) is 36.4 Å². The summed E-state index contributed by atoms with van der Waals surface area (Å²) in [5.41, 5.74) is 1.09. The Morgan fingerprint density at radius 2 is 1.95 bits per heavy atom. The maximum Gasteiger partial charge on any atom is 0.339 e. The van der Waals surface area contributed by atoms with E-state index in [1.54, 1.807) is 24.3 Å². The van der Waals surface area contributed by atoms with Crippen LogP contribution in [0.1, 0.15) is 26.3 Å². The van der Waals surface area contributed by atoms with E-state index in [1.165, 1.54) is 19.2 Å². The van der Waals surface area contributed by atoms with Crippen molar-refractivity contribution < 1.29 is 24.2 Å². The number of aromatic carboxylic acids is 1. The summed E-state index contributed by atoms with van der Waals surface area (Å²) in [5.74, 6) is -0.391. The number of aldehydes is 1. The number of carboxylic acids is 1. The van der Waals surface area contributed by atoms with E-state index in [2.05, 4.69) is 0 Å². The number of halogens is 1. The van der Waals surface area contributed by atoms with Gasteiger partial charge in [-0.05, 0) is 36.4 Å². The third kappa shape index (κ3) is 3.56. The molecule has 22 heavy (non-hydrogen) atoms. The molecule has 0 heterocycles. The molecule has 0 aromatic heterocycles. The molecular formula is C16H13ClO5. The third-order valence-corrected chi connectivity index (χ3v) is 3.23. The van der Waals surface area contributed by atoms with Gasteiger partial charge >= 0.3 is 5.97 Å². The second kappa shape index (κ2) is 6.95. The molecule has 0 saturated heterocycles. The van der Waals surface area contributed by atoms with Gasteiger partial charge in [-0.3, -0.25) is 4.79 Å². The van der Waals surface area contributed by atoms with Gasteiger partial charge in [0.25, 0.3) is 0 Å². The van der Waals surface area contributed by atoms with E-state index in [9.17, 15) is 9.59 Å². The summed E-state index contributed by atoms with van der Waals surface area (Å²) in [6, 6.07) is 9.26. The summed E-state index contributed by atoms with van der Waals surface area (Å²) < 4.78 is 10.7. The summed E-state index contributed by atoms with van der Waals surface area (Å²) in [7, 11) is 1.50. The van der Waals surface area contributed by atoms with Crippen LogP contribution in [0.25, 0.3) is 0 Å². The molecule has 2 aromatic rings. The highest BCUT2D eigenvalue weighted by Gasteiger charge is 2.13. The number of rotatable bonds is 6. The highest BCUT2D eigenvalue weighted by molar-refractivity contribution is 6.31. The SMILES string of the molecule is COc1ccc(C=O)cc1COc1ccc(Cl)cc1C(=O)O. The topological polar surface area (TPSA) is 72.8 Å². The molecule has 0 amide bonds. The molecule has 0 fully saturated rings. The van der Waals surface area contributed by atoms with Crippen LogP contribution in [0.2, 0.25) is 5.02 Å². The van der Waals surface area contributed by atoms with Gasteiger partial charge in [0.1, 0.15) is 30.0 Å². The lowest BCUT2D eigenvalue weighted by Crippen LogP contribution is -2.05. The van der Waals surface area contributed by atoms with Crippen LogP contribution in [0.5, 0.6) is 11.5 Å². The van der Waals surface area contributed by atoms with Crippen molar-refractivity contribution in [1.29, 1.82) is 0 Å². The predicted octanol–water partition coefficient (Wildman–Crippen LogP) is 3.44. The Balaban J connectivity index is 2.27. The summed E-state index contributed by atoms with van der Waals surface area (Å²) in [4.78, 5) is 22.0. The van der Waals surface area contributed by atoms with Crippen LogP contribution in [-0.4, -0.2) is 24.5 Å². The molecule has 0 aliphatic rings. The van der Waals surface area contributed by atoms with E-state index < -0.39 is 5.97 Å². The van der Waals surface area contributed by atoms with Crippen LogP contribution >= 0.6 is 11.6 Å². The van der Waals surface area contributed by atoms with Crippen LogP contribution < -0.4 is 9.47 Å². The fourth-order valence-electron chi connectivity index (χ4n) is 1.94. The van der Waals surface area contributed by atoms with E-state index >= 15 is 0 Å². The second-order valence-electron chi connectivity index (χ2n) is 4.42. The van der Waals surface area contributed by atoms with E-state index in [0.29, 0.717) is 28.2 Å². The van der Waals surface area contributed by atoms with Gasteiger partial charge in [-0.1, -0.05) is 11.6 Å². The molecule has 0 unspecified atom stereocenters. The first-order valence-corrected chi connectivity index (χ1v) is 6.70. The molecular weight excluding hydrogens is 308 g/mol. The maximum absolute atomic E-state index is 11.2. The molecule has 0 aliphatic carbocycles. The summed E-state index contributed by atoms with van der Waals surface area (Å²) in [6.07, 6.45) is 0.716. The number of hydrogen-bond acceptors (Lipinski definition) is 4. The van der Waals surface area contributed by atoms with Crippen molar-refractivity contribution in [2.24, 2.45) is 0 Å². The van der Waals surface area contributed by atoms with E-state index in [4.69, 9.17) is 26.2 Å². The van der Waals surface area contributed by atoms with Crippen molar-refractivity contribution >= 4 is 23.9 Å². The number of carbonyl (C=O) groups excluding carboxylic acids is 1. The second-order valence-corrected chi connectivity index (χ2v) is 4.86. The van der Waals surface area contributed by atoms with E-state index in [-0.39, 0.29) is 17.9 Å². The predicted molar refractivity (Wildman–Crippen MR) is 81.1 cm³/mol. The minimum Gasteiger partial charge on any atom is -0.496 e. The van der Waals surface area contributed by atoms with Crippen molar-refractivity contribution in [3.63, 3.8) is 0 Å². The fraction of sp³-hybridized carbons (Fsp3) is 0.125. The molecule has 6 heteroatoms. The molecule has 1 N–H and O–H groups in total. The number of hydrogen-bond donors (Lipinski definition) is 1. The molecule has 0 saturated carbocycles. The summed E-state index contributed by atoms with van der Waals surface area (Å²) in [5, 5.41) is 9.47. The summed E-state index contributed by atoms with van der Waals surface area (Å²) in [6.45, 7) is 0.0623. The molecule has 0 atom stereocenters. The highest BCUT2D eigenvalue weighted by Crippen LogP contribution is 2.26. The molecule has 0 bridgehead atoms. The standard InChI is InChI=1S/C16H13ClO5/c1-21-14-4-2-10(8-18)6-11(14)9-22-15-5-3-12(17)7-13(15)16(19)20/h2-8H,9H2,1H3,(H,19,20). The Kier molecular flexibility index (Phi) is 5.01. The third-order valence-electron chi connectivity index (χ3n) is 3.00. The van der Waals surface area contributed by atoms with Crippen molar-refractivity contribution in [2.75, 3.05) is 7.11 Å². The van der Waals surface area contributed by atoms with Crippen LogP contribution in [0, 0.1) is 0 Å². The zero-order chi connectivity index (χ0) is 16.1. The maximum atomic E-state index is 11.2. The van der Waals surface area contributed by atoms with Gasteiger partial charge in [0.05, 0.1) is 7.11 Å². The molecule has 2 aromatic carbocycles. The van der Waals surface area contributed by atoms with Gasteiger partial charge < -0.3 is 14.6 Å². The monoisotopic (exact) mass is 320 g/mol. The normalized spacial score (nSPS) is 10.1. The number of methoxy groups -OCH3 is 1. The van der Waals surface area contributed by atoms with Gasteiger partial charge in [-0.2, -0.15) is 0 Å². The number of ether oxygens (including phenoxy) is 2. The summed E-state index contributed by atoms with van der Waals surface area (Å²) >= 11 is 5.79.